The Labute approximate surface area is 122 Å². The van der Waals surface area contributed by atoms with Crippen LogP contribution in [0.5, 0.6) is 0 Å². The average Bonchev–Trinajstić information content (AvgIpc) is 2.44. The number of unbranched alkanes of at least 4 members (excludes halogenated alkanes) is 1. The van der Waals surface area contributed by atoms with Crippen molar-refractivity contribution in [1.82, 2.24) is 9.80 Å². The van der Waals surface area contributed by atoms with Crippen LogP contribution in [0, 0.1) is 0 Å². The third-order valence-electron chi connectivity index (χ3n) is 3.72. The van der Waals surface area contributed by atoms with Gasteiger partial charge in [-0.3, -0.25) is 9.69 Å². The fourth-order valence-electron chi connectivity index (χ4n) is 2.46. The Hall–Kier alpha value is -0.940. The van der Waals surface area contributed by atoms with Gasteiger partial charge >= 0.3 is 0 Å². The third-order valence-corrected chi connectivity index (χ3v) is 3.72. The second-order valence-corrected chi connectivity index (χ2v) is 5.48. The molecule has 1 heterocycles. The van der Waals surface area contributed by atoms with Gasteiger partial charge in [0.25, 0.3) is 0 Å². The maximum atomic E-state index is 12.0. The Morgan fingerprint density at radius 3 is 2.25 bits per heavy atom. The fourth-order valence-corrected chi connectivity index (χ4v) is 2.46. The molecule has 0 aromatic carbocycles. The first-order chi connectivity index (χ1) is 9.63. The van der Waals surface area contributed by atoms with Gasteiger partial charge in [-0.1, -0.05) is 0 Å². The number of piperazine rings is 1. The highest BCUT2D eigenvalue weighted by atomic mass is 16.5. The molecular formula is C15H28N2O3. The molecule has 1 amide bonds. The molecule has 1 aliphatic heterocycles. The Morgan fingerprint density at radius 1 is 1.00 bits per heavy atom. The van der Waals surface area contributed by atoms with Gasteiger partial charge < -0.3 is 14.4 Å². The summed E-state index contributed by atoms with van der Waals surface area (Å²) >= 11 is 0. The van der Waals surface area contributed by atoms with Crippen molar-refractivity contribution >= 4 is 11.7 Å². The van der Waals surface area contributed by atoms with Crippen LogP contribution in [0.4, 0.5) is 0 Å². The summed E-state index contributed by atoms with van der Waals surface area (Å²) in [4.78, 5) is 27.2. The Balaban J connectivity index is 2.10. The lowest BCUT2D eigenvalue weighted by atomic mass is 10.1. The second kappa shape index (κ2) is 9.88. The Bertz CT molecular complexity index is 299. The van der Waals surface area contributed by atoms with Gasteiger partial charge in [0.1, 0.15) is 5.78 Å². The monoisotopic (exact) mass is 284 g/mol. The van der Waals surface area contributed by atoms with E-state index in [9.17, 15) is 9.59 Å². The molecule has 0 saturated carbocycles. The normalized spacial score (nSPS) is 16.4. The van der Waals surface area contributed by atoms with Crippen molar-refractivity contribution in [3.05, 3.63) is 0 Å². The van der Waals surface area contributed by atoms with Crippen molar-refractivity contribution in [1.29, 1.82) is 0 Å². The molecule has 0 aromatic rings. The lowest BCUT2D eigenvalue weighted by Gasteiger charge is -2.34. The highest BCUT2D eigenvalue weighted by molar-refractivity contribution is 5.77. The predicted molar refractivity (Wildman–Crippen MR) is 78.7 cm³/mol. The zero-order valence-corrected chi connectivity index (χ0v) is 12.9. The summed E-state index contributed by atoms with van der Waals surface area (Å²) < 4.78 is 5.05. The minimum Gasteiger partial charge on any atom is -0.385 e. The van der Waals surface area contributed by atoms with E-state index in [4.69, 9.17) is 4.74 Å². The molecule has 0 aliphatic carbocycles. The molecule has 5 heteroatoms. The number of nitrogens with zero attached hydrogens (tertiary/aromatic N) is 2. The van der Waals surface area contributed by atoms with Crippen LogP contribution in [0.2, 0.25) is 0 Å². The topological polar surface area (TPSA) is 49.9 Å². The van der Waals surface area contributed by atoms with Crippen LogP contribution in [-0.2, 0) is 14.3 Å². The van der Waals surface area contributed by atoms with Gasteiger partial charge in [0.2, 0.25) is 5.91 Å². The zero-order chi connectivity index (χ0) is 14.8. The lowest BCUT2D eigenvalue weighted by Crippen LogP contribution is -2.48. The molecule has 1 saturated heterocycles. The highest BCUT2D eigenvalue weighted by Crippen LogP contribution is 2.08. The van der Waals surface area contributed by atoms with Crippen LogP contribution in [-0.4, -0.2) is 67.9 Å². The molecule has 0 radical (unpaired) electrons. The van der Waals surface area contributed by atoms with Crippen molar-refractivity contribution < 1.29 is 14.3 Å². The van der Waals surface area contributed by atoms with Gasteiger partial charge in [-0.05, 0) is 26.2 Å². The molecule has 116 valence electrons. The summed E-state index contributed by atoms with van der Waals surface area (Å²) in [5.74, 6) is 0.451. The summed E-state index contributed by atoms with van der Waals surface area (Å²) in [6.45, 7) is 7.04. The van der Waals surface area contributed by atoms with Gasteiger partial charge in [0.15, 0.2) is 0 Å². The smallest absolute Gasteiger partial charge is 0.222 e. The standard InChI is InChI=1S/C15H28N2O3/c1-14(18)6-3-4-7-15(19)17-11-9-16(10-12-17)8-5-13-20-2/h3-13H2,1-2H3. The molecule has 0 N–H and O–H groups in total. The molecular weight excluding hydrogens is 256 g/mol. The van der Waals surface area contributed by atoms with E-state index in [2.05, 4.69) is 4.90 Å². The van der Waals surface area contributed by atoms with Crippen molar-refractivity contribution in [2.75, 3.05) is 46.4 Å². The maximum absolute atomic E-state index is 12.0. The van der Waals surface area contributed by atoms with Gasteiger partial charge in [0.05, 0.1) is 0 Å². The predicted octanol–water partition coefficient (Wildman–Crippen LogP) is 1.32. The Morgan fingerprint density at radius 2 is 1.65 bits per heavy atom. The van der Waals surface area contributed by atoms with E-state index in [1.54, 1.807) is 14.0 Å². The molecule has 0 unspecified atom stereocenters. The van der Waals surface area contributed by atoms with Gasteiger partial charge in [-0.25, -0.2) is 0 Å². The van der Waals surface area contributed by atoms with E-state index in [0.717, 1.165) is 58.6 Å². The van der Waals surface area contributed by atoms with Crippen LogP contribution in [0.3, 0.4) is 0 Å². The van der Waals surface area contributed by atoms with E-state index < -0.39 is 0 Å². The van der Waals surface area contributed by atoms with E-state index >= 15 is 0 Å². The number of rotatable bonds is 9. The molecule has 0 aromatic heterocycles. The van der Waals surface area contributed by atoms with Crippen molar-refractivity contribution in [3.63, 3.8) is 0 Å². The van der Waals surface area contributed by atoms with E-state index in [1.165, 1.54) is 0 Å². The number of Topliss-reactive ketones (excluding diaryl/α,β-unsaturated/α-hetero) is 1. The number of hydrogen-bond acceptors (Lipinski definition) is 4. The van der Waals surface area contributed by atoms with E-state index in [-0.39, 0.29) is 11.7 Å². The molecule has 0 bridgehead atoms. The zero-order valence-electron chi connectivity index (χ0n) is 12.9. The molecule has 0 spiro atoms. The maximum Gasteiger partial charge on any atom is 0.222 e. The van der Waals surface area contributed by atoms with Gasteiger partial charge in [-0.15, -0.1) is 0 Å². The number of amides is 1. The molecule has 1 aliphatic rings. The largest absolute Gasteiger partial charge is 0.385 e. The van der Waals surface area contributed by atoms with E-state index in [0.29, 0.717) is 12.8 Å². The summed E-state index contributed by atoms with van der Waals surface area (Å²) in [5, 5.41) is 0. The SMILES string of the molecule is COCCCN1CCN(C(=O)CCCCC(C)=O)CC1. The van der Waals surface area contributed by atoms with Crippen molar-refractivity contribution in [2.24, 2.45) is 0 Å². The summed E-state index contributed by atoms with van der Waals surface area (Å²) in [7, 11) is 1.72. The fraction of sp³-hybridized carbons (Fsp3) is 0.867. The molecule has 20 heavy (non-hydrogen) atoms. The number of hydrogen-bond donors (Lipinski definition) is 0. The van der Waals surface area contributed by atoms with Gasteiger partial charge in [0, 0.05) is 59.3 Å². The minimum absolute atomic E-state index is 0.210. The number of carbonyl (C=O) groups excluding carboxylic acids is 2. The van der Waals surface area contributed by atoms with Crippen LogP contribution < -0.4 is 0 Å². The van der Waals surface area contributed by atoms with Crippen LogP contribution in [0.15, 0.2) is 0 Å². The molecule has 5 nitrogen and oxygen atoms in total. The molecule has 1 fully saturated rings. The highest BCUT2D eigenvalue weighted by Gasteiger charge is 2.20. The van der Waals surface area contributed by atoms with Crippen LogP contribution >= 0.6 is 0 Å². The molecule has 0 atom stereocenters. The number of carbonyl (C=O) groups is 2. The van der Waals surface area contributed by atoms with Crippen LogP contribution in [0.25, 0.3) is 0 Å². The number of methoxy groups -OCH3 is 1. The first kappa shape index (κ1) is 17.1. The van der Waals surface area contributed by atoms with Crippen molar-refractivity contribution in [3.8, 4) is 0 Å². The summed E-state index contributed by atoms with van der Waals surface area (Å²) in [5.41, 5.74) is 0. The third kappa shape index (κ3) is 7.01. The minimum atomic E-state index is 0.210. The summed E-state index contributed by atoms with van der Waals surface area (Å²) in [6, 6.07) is 0. The first-order valence-electron chi connectivity index (χ1n) is 7.62. The lowest BCUT2D eigenvalue weighted by molar-refractivity contribution is -0.133. The van der Waals surface area contributed by atoms with E-state index in [1.807, 2.05) is 4.90 Å². The van der Waals surface area contributed by atoms with Crippen LogP contribution in [0.1, 0.15) is 39.0 Å². The first-order valence-corrected chi connectivity index (χ1v) is 7.62. The molecule has 1 rings (SSSR count). The van der Waals surface area contributed by atoms with Crippen molar-refractivity contribution in [2.45, 2.75) is 39.0 Å². The average molecular weight is 284 g/mol. The number of ketones is 1. The summed E-state index contributed by atoms with van der Waals surface area (Å²) in [6.07, 6.45) is 3.89. The quantitative estimate of drug-likeness (QED) is 0.599. The van der Waals surface area contributed by atoms with Gasteiger partial charge in [-0.2, -0.15) is 0 Å². The Kier molecular flexibility index (Phi) is 8.46. The number of ether oxygens (including phenoxy) is 1. The second-order valence-electron chi connectivity index (χ2n) is 5.48.